The van der Waals surface area contributed by atoms with E-state index in [1.54, 1.807) is 12.1 Å². The number of carbonyl (C=O) groups is 1. The zero-order valence-electron chi connectivity index (χ0n) is 13.4. The van der Waals surface area contributed by atoms with Crippen molar-refractivity contribution in [1.29, 1.82) is 0 Å². The lowest BCUT2D eigenvalue weighted by Crippen LogP contribution is -2.27. The first-order valence-electron chi connectivity index (χ1n) is 7.97. The van der Waals surface area contributed by atoms with Gasteiger partial charge in [-0.2, -0.15) is 4.31 Å². The second-order valence-electron chi connectivity index (χ2n) is 5.41. The molecule has 0 unspecified atom stereocenters. The van der Waals surface area contributed by atoms with Gasteiger partial charge < -0.3 is 10.1 Å². The van der Waals surface area contributed by atoms with Gasteiger partial charge in [-0.15, -0.1) is 11.3 Å². The summed E-state index contributed by atoms with van der Waals surface area (Å²) in [5.74, 6) is -0.0894. The molecule has 0 atom stereocenters. The monoisotopic (exact) mass is 360 g/mol. The summed E-state index contributed by atoms with van der Waals surface area (Å²) in [4.78, 5) is 12.6. The number of nitrogens with zero attached hydrogens (tertiary/aromatic N) is 1. The number of nitrogens with one attached hydrogen (secondary N) is 1. The lowest BCUT2D eigenvalue weighted by molar-refractivity contribution is -0.120. The molecule has 6 nitrogen and oxygen atoms in total. The Labute approximate surface area is 141 Å². The molecule has 0 saturated carbocycles. The fourth-order valence-corrected chi connectivity index (χ4v) is 5.44. The van der Waals surface area contributed by atoms with Crippen molar-refractivity contribution in [3.8, 4) is 0 Å². The summed E-state index contributed by atoms with van der Waals surface area (Å²) in [7, 11) is -3.38. The van der Waals surface area contributed by atoms with Crippen LogP contribution < -0.4 is 5.32 Å². The van der Waals surface area contributed by atoms with E-state index >= 15 is 0 Å². The SMILES string of the molecule is CCOCCCNC(=O)Cc1ccc(S(=O)(=O)N2CCCC2)s1. The number of hydrogen-bond donors (Lipinski definition) is 1. The van der Waals surface area contributed by atoms with Crippen LogP contribution in [-0.2, 0) is 26.0 Å². The third kappa shape index (κ3) is 5.27. The van der Waals surface area contributed by atoms with Crippen molar-refractivity contribution in [3.05, 3.63) is 17.0 Å². The normalized spacial score (nSPS) is 15.9. The summed E-state index contributed by atoms with van der Waals surface area (Å²) in [6, 6.07) is 3.34. The van der Waals surface area contributed by atoms with Gasteiger partial charge in [0.25, 0.3) is 10.0 Å². The van der Waals surface area contributed by atoms with Crippen LogP contribution in [0.5, 0.6) is 0 Å². The smallest absolute Gasteiger partial charge is 0.252 e. The summed E-state index contributed by atoms with van der Waals surface area (Å²) in [6.45, 7) is 5.00. The van der Waals surface area contributed by atoms with Crippen molar-refractivity contribution in [2.24, 2.45) is 0 Å². The van der Waals surface area contributed by atoms with Gasteiger partial charge in [0, 0.05) is 37.7 Å². The van der Waals surface area contributed by atoms with Crippen LogP contribution in [0.1, 0.15) is 31.1 Å². The quantitative estimate of drug-likeness (QED) is 0.679. The van der Waals surface area contributed by atoms with Gasteiger partial charge in [0.05, 0.1) is 6.42 Å². The molecule has 1 saturated heterocycles. The molecule has 130 valence electrons. The molecule has 1 aliphatic heterocycles. The topological polar surface area (TPSA) is 75.7 Å². The molecule has 0 spiro atoms. The Hall–Kier alpha value is -0.960. The van der Waals surface area contributed by atoms with E-state index < -0.39 is 10.0 Å². The zero-order chi connectivity index (χ0) is 16.7. The second kappa shape index (κ2) is 8.77. The van der Waals surface area contributed by atoms with Gasteiger partial charge in [0.15, 0.2) is 0 Å². The second-order valence-corrected chi connectivity index (χ2v) is 8.74. The Morgan fingerprint density at radius 2 is 2.09 bits per heavy atom. The number of thiophene rings is 1. The first-order chi connectivity index (χ1) is 11.0. The van der Waals surface area contributed by atoms with Crippen LogP contribution in [0.2, 0.25) is 0 Å². The fraction of sp³-hybridized carbons (Fsp3) is 0.667. The molecule has 8 heteroatoms. The molecule has 0 radical (unpaired) electrons. The van der Waals surface area contributed by atoms with Gasteiger partial charge in [-0.25, -0.2) is 8.42 Å². The Balaban J connectivity index is 1.83. The van der Waals surface area contributed by atoms with E-state index in [0.29, 0.717) is 37.1 Å². The summed E-state index contributed by atoms with van der Waals surface area (Å²) in [6.07, 6.45) is 2.83. The van der Waals surface area contributed by atoms with Crippen molar-refractivity contribution in [1.82, 2.24) is 9.62 Å². The van der Waals surface area contributed by atoms with Crippen molar-refractivity contribution < 1.29 is 17.9 Å². The third-order valence-corrected chi connectivity index (χ3v) is 7.07. The first kappa shape index (κ1) is 18.4. The lowest BCUT2D eigenvalue weighted by Gasteiger charge is -2.13. The molecule has 1 fully saturated rings. The van der Waals surface area contributed by atoms with Gasteiger partial charge >= 0.3 is 0 Å². The van der Waals surface area contributed by atoms with E-state index in [-0.39, 0.29) is 12.3 Å². The molecular formula is C15H24N2O4S2. The van der Waals surface area contributed by atoms with E-state index in [2.05, 4.69) is 5.32 Å². The first-order valence-corrected chi connectivity index (χ1v) is 10.2. The van der Waals surface area contributed by atoms with Crippen molar-refractivity contribution in [2.45, 2.75) is 36.8 Å². The van der Waals surface area contributed by atoms with Crippen LogP contribution in [0.3, 0.4) is 0 Å². The number of ether oxygens (including phenoxy) is 1. The average molecular weight is 361 g/mol. The molecule has 1 aromatic rings. The maximum atomic E-state index is 12.4. The van der Waals surface area contributed by atoms with E-state index in [9.17, 15) is 13.2 Å². The highest BCUT2D eigenvalue weighted by Crippen LogP contribution is 2.27. The van der Waals surface area contributed by atoms with Crippen LogP contribution in [0, 0.1) is 0 Å². The molecular weight excluding hydrogens is 336 g/mol. The van der Waals surface area contributed by atoms with Crippen LogP contribution in [-0.4, -0.2) is 51.5 Å². The molecule has 1 N–H and O–H groups in total. The minimum atomic E-state index is -3.38. The molecule has 23 heavy (non-hydrogen) atoms. The Kier molecular flexibility index (Phi) is 7.01. The molecule has 0 bridgehead atoms. The maximum absolute atomic E-state index is 12.4. The van der Waals surface area contributed by atoms with E-state index in [1.807, 2.05) is 6.92 Å². The number of carbonyl (C=O) groups excluding carboxylic acids is 1. The maximum Gasteiger partial charge on any atom is 0.252 e. The molecule has 1 amide bonds. The summed E-state index contributed by atoms with van der Waals surface area (Å²) < 4.78 is 31.9. The molecule has 0 aromatic carbocycles. The van der Waals surface area contributed by atoms with Crippen molar-refractivity contribution in [2.75, 3.05) is 32.8 Å². The lowest BCUT2D eigenvalue weighted by atomic mass is 10.3. The van der Waals surface area contributed by atoms with Crippen molar-refractivity contribution in [3.63, 3.8) is 0 Å². The zero-order valence-corrected chi connectivity index (χ0v) is 15.0. The average Bonchev–Trinajstić information content (AvgIpc) is 3.19. The number of sulfonamides is 1. The highest BCUT2D eigenvalue weighted by atomic mass is 32.2. The molecule has 2 heterocycles. The van der Waals surface area contributed by atoms with E-state index in [4.69, 9.17) is 4.74 Å². The van der Waals surface area contributed by atoms with Gasteiger partial charge in [0.2, 0.25) is 5.91 Å². The van der Waals surface area contributed by atoms with Crippen molar-refractivity contribution >= 4 is 27.3 Å². The largest absolute Gasteiger partial charge is 0.382 e. The Morgan fingerprint density at radius 1 is 1.35 bits per heavy atom. The summed E-state index contributed by atoms with van der Waals surface area (Å²) in [5, 5.41) is 2.82. The molecule has 1 aliphatic rings. The number of rotatable bonds is 9. The van der Waals surface area contributed by atoms with Gasteiger partial charge in [0.1, 0.15) is 4.21 Å². The number of amides is 1. The Morgan fingerprint density at radius 3 is 2.78 bits per heavy atom. The summed E-state index contributed by atoms with van der Waals surface area (Å²) in [5.41, 5.74) is 0. The van der Waals surface area contributed by atoms with Crippen LogP contribution in [0.4, 0.5) is 0 Å². The highest BCUT2D eigenvalue weighted by molar-refractivity contribution is 7.91. The fourth-order valence-electron chi connectivity index (χ4n) is 2.41. The van der Waals surface area contributed by atoms with Gasteiger partial charge in [-0.3, -0.25) is 4.79 Å². The minimum Gasteiger partial charge on any atom is -0.382 e. The van der Waals surface area contributed by atoms with E-state index in [0.717, 1.165) is 24.1 Å². The third-order valence-electron chi connectivity index (χ3n) is 3.62. The summed E-state index contributed by atoms with van der Waals surface area (Å²) >= 11 is 1.19. The Bertz CT molecular complexity index is 607. The molecule has 1 aromatic heterocycles. The predicted molar refractivity (Wildman–Crippen MR) is 90.1 cm³/mol. The minimum absolute atomic E-state index is 0.0894. The highest BCUT2D eigenvalue weighted by Gasteiger charge is 2.28. The van der Waals surface area contributed by atoms with Crippen LogP contribution in [0.15, 0.2) is 16.3 Å². The number of hydrogen-bond acceptors (Lipinski definition) is 5. The molecule has 2 rings (SSSR count). The predicted octanol–water partition coefficient (Wildman–Crippen LogP) is 1.62. The van der Waals surface area contributed by atoms with Crippen LogP contribution >= 0.6 is 11.3 Å². The molecule has 0 aliphatic carbocycles. The van der Waals surface area contributed by atoms with Gasteiger partial charge in [-0.1, -0.05) is 0 Å². The van der Waals surface area contributed by atoms with E-state index in [1.165, 1.54) is 15.6 Å². The van der Waals surface area contributed by atoms with Crippen LogP contribution in [0.25, 0.3) is 0 Å². The standard InChI is InChI=1S/C15H24N2O4S2/c1-2-21-11-5-8-16-14(18)12-13-6-7-15(22-13)23(19,20)17-9-3-4-10-17/h6-7H,2-5,8-12H2,1H3,(H,16,18). The van der Waals surface area contributed by atoms with Gasteiger partial charge in [-0.05, 0) is 38.3 Å².